The molecule has 26 heavy (non-hydrogen) atoms. The van der Waals surface area contributed by atoms with Crippen molar-refractivity contribution in [2.45, 2.75) is 31.9 Å². The van der Waals surface area contributed by atoms with Crippen molar-refractivity contribution < 1.29 is 18.7 Å². The van der Waals surface area contributed by atoms with Crippen LogP contribution in [0.3, 0.4) is 0 Å². The van der Waals surface area contributed by atoms with Crippen molar-refractivity contribution in [2.24, 2.45) is 0 Å². The van der Waals surface area contributed by atoms with Crippen LogP contribution < -0.4 is 5.32 Å². The number of piperazine rings is 1. The van der Waals surface area contributed by atoms with Crippen molar-refractivity contribution in [1.29, 1.82) is 0 Å². The third kappa shape index (κ3) is 4.80. The molecule has 0 spiro atoms. The number of halogens is 1. The maximum Gasteiger partial charge on any atom is 0.251 e. The number of rotatable bonds is 5. The molecule has 1 N–H and O–H groups in total. The van der Waals surface area contributed by atoms with Gasteiger partial charge in [0, 0.05) is 32.8 Å². The molecule has 0 bridgehead atoms. The lowest BCUT2D eigenvalue weighted by Crippen LogP contribution is -2.53. The fraction of sp³-hybridized carbons (Fsp3) is 0.579. The second-order valence-electron chi connectivity index (χ2n) is 6.94. The number of nitrogens with zero attached hydrogens (tertiary/aromatic N) is 2. The number of carbonyl (C=O) groups excluding carboxylic acids is 2. The van der Waals surface area contributed by atoms with Gasteiger partial charge >= 0.3 is 0 Å². The molecule has 2 heterocycles. The first-order valence-corrected chi connectivity index (χ1v) is 9.20. The van der Waals surface area contributed by atoms with Gasteiger partial charge < -0.3 is 15.0 Å². The van der Waals surface area contributed by atoms with E-state index in [0.29, 0.717) is 39.3 Å². The lowest BCUT2D eigenvalue weighted by atomic mass is 10.1. The smallest absolute Gasteiger partial charge is 0.251 e. The molecule has 0 saturated carbocycles. The van der Waals surface area contributed by atoms with Gasteiger partial charge in [-0.25, -0.2) is 4.39 Å². The Hall–Kier alpha value is -1.99. The Bertz CT molecular complexity index is 623. The zero-order valence-corrected chi connectivity index (χ0v) is 15.1. The Balaban J connectivity index is 1.41. The third-order valence-corrected chi connectivity index (χ3v) is 5.00. The monoisotopic (exact) mass is 363 g/mol. The minimum atomic E-state index is -0.289. The first-order chi connectivity index (χ1) is 12.5. The van der Waals surface area contributed by atoms with Crippen molar-refractivity contribution in [3.8, 4) is 0 Å². The summed E-state index contributed by atoms with van der Waals surface area (Å²) in [5.41, 5.74) is 0.867. The number of benzene rings is 1. The van der Waals surface area contributed by atoms with E-state index in [1.807, 2.05) is 16.7 Å². The molecule has 1 aromatic rings. The molecule has 6 nitrogen and oxygen atoms in total. The molecule has 142 valence electrons. The van der Waals surface area contributed by atoms with Gasteiger partial charge in [0.1, 0.15) is 11.9 Å². The lowest BCUT2D eigenvalue weighted by Gasteiger charge is -2.35. The first kappa shape index (κ1) is 18.8. The molecule has 0 aromatic heterocycles. The lowest BCUT2D eigenvalue weighted by molar-refractivity contribution is -0.142. The van der Waals surface area contributed by atoms with Crippen LogP contribution in [0.4, 0.5) is 4.39 Å². The molecule has 0 aliphatic carbocycles. The molecule has 0 unspecified atom stereocenters. The molecule has 0 radical (unpaired) electrons. The maximum absolute atomic E-state index is 13.0. The highest BCUT2D eigenvalue weighted by atomic mass is 19.1. The summed E-state index contributed by atoms with van der Waals surface area (Å²) in [6.45, 7) is 5.45. The van der Waals surface area contributed by atoms with Gasteiger partial charge in [-0.15, -0.1) is 0 Å². The summed E-state index contributed by atoms with van der Waals surface area (Å²) in [4.78, 5) is 28.5. The highest BCUT2D eigenvalue weighted by molar-refractivity contribution is 5.81. The molecule has 2 saturated heterocycles. The molecular weight excluding hydrogens is 337 g/mol. The zero-order chi connectivity index (χ0) is 18.5. The predicted molar refractivity (Wildman–Crippen MR) is 95.0 cm³/mol. The number of carbonyl (C=O) groups is 2. The van der Waals surface area contributed by atoms with Gasteiger partial charge in [0.15, 0.2) is 0 Å². The Morgan fingerprint density at radius 2 is 1.92 bits per heavy atom. The van der Waals surface area contributed by atoms with E-state index < -0.39 is 0 Å². The van der Waals surface area contributed by atoms with E-state index in [9.17, 15) is 14.0 Å². The number of amides is 2. The van der Waals surface area contributed by atoms with Gasteiger partial charge in [0.05, 0.1) is 12.6 Å². The average molecular weight is 363 g/mol. The Kier molecular flexibility index (Phi) is 6.21. The largest absolute Gasteiger partial charge is 0.368 e. The summed E-state index contributed by atoms with van der Waals surface area (Å²) in [7, 11) is 0. The maximum atomic E-state index is 13.0. The van der Waals surface area contributed by atoms with Crippen LogP contribution >= 0.6 is 0 Å². The minimum Gasteiger partial charge on any atom is -0.368 e. The van der Waals surface area contributed by atoms with Crippen LogP contribution in [0.2, 0.25) is 0 Å². The highest BCUT2D eigenvalue weighted by Gasteiger charge is 2.30. The van der Waals surface area contributed by atoms with E-state index in [-0.39, 0.29) is 29.8 Å². The Morgan fingerprint density at radius 3 is 2.54 bits per heavy atom. The van der Waals surface area contributed by atoms with Gasteiger partial charge in [-0.1, -0.05) is 12.1 Å². The zero-order valence-electron chi connectivity index (χ0n) is 15.1. The van der Waals surface area contributed by atoms with Crippen molar-refractivity contribution in [1.82, 2.24) is 15.1 Å². The molecule has 1 aromatic carbocycles. The molecular formula is C19H26FN3O3. The van der Waals surface area contributed by atoms with Crippen LogP contribution in [0.5, 0.6) is 0 Å². The van der Waals surface area contributed by atoms with Gasteiger partial charge in [-0.05, 0) is 37.5 Å². The molecule has 2 aliphatic rings. The fourth-order valence-corrected chi connectivity index (χ4v) is 3.43. The van der Waals surface area contributed by atoms with Crippen LogP contribution in [0.15, 0.2) is 24.3 Å². The average Bonchev–Trinajstić information content (AvgIpc) is 3.17. The van der Waals surface area contributed by atoms with E-state index in [1.54, 1.807) is 12.1 Å². The summed E-state index contributed by atoms with van der Waals surface area (Å²) in [5, 5.41) is 2.94. The van der Waals surface area contributed by atoms with E-state index in [1.165, 1.54) is 12.1 Å². The molecule has 2 fully saturated rings. The second-order valence-corrected chi connectivity index (χ2v) is 6.94. The quantitative estimate of drug-likeness (QED) is 0.857. The number of ether oxygens (including phenoxy) is 1. The van der Waals surface area contributed by atoms with Crippen LogP contribution in [0, 0.1) is 5.82 Å². The second kappa shape index (κ2) is 8.60. The molecule has 2 atom stereocenters. The van der Waals surface area contributed by atoms with Gasteiger partial charge in [0.25, 0.3) is 5.91 Å². The Morgan fingerprint density at radius 1 is 1.23 bits per heavy atom. The summed E-state index contributed by atoms with van der Waals surface area (Å²) in [5.74, 6) is -0.278. The number of hydrogen-bond donors (Lipinski definition) is 1. The highest BCUT2D eigenvalue weighted by Crippen LogP contribution is 2.16. The van der Waals surface area contributed by atoms with Crippen LogP contribution in [-0.4, -0.2) is 67.0 Å². The normalized spacial score (nSPS) is 22.2. The number of nitrogens with one attached hydrogen (secondary N) is 1. The van der Waals surface area contributed by atoms with Crippen LogP contribution in [-0.2, 0) is 14.3 Å². The first-order valence-electron chi connectivity index (χ1n) is 9.20. The molecule has 2 aliphatic heterocycles. The van der Waals surface area contributed by atoms with E-state index in [2.05, 4.69) is 5.32 Å². The van der Waals surface area contributed by atoms with Gasteiger partial charge in [-0.2, -0.15) is 0 Å². The van der Waals surface area contributed by atoms with Crippen molar-refractivity contribution in [3.63, 3.8) is 0 Å². The van der Waals surface area contributed by atoms with Gasteiger partial charge in [-0.3, -0.25) is 14.5 Å². The van der Waals surface area contributed by atoms with Crippen LogP contribution in [0.25, 0.3) is 0 Å². The van der Waals surface area contributed by atoms with Crippen molar-refractivity contribution in [2.75, 3.05) is 39.3 Å². The minimum absolute atomic E-state index is 0.0688. The van der Waals surface area contributed by atoms with Gasteiger partial charge in [0.2, 0.25) is 5.91 Å². The summed E-state index contributed by atoms with van der Waals surface area (Å²) >= 11 is 0. The topological polar surface area (TPSA) is 61.9 Å². The van der Waals surface area contributed by atoms with Crippen LogP contribution in [0.1, 0.15) is 31.4 Å². The summed E-state index contributed by atoms with van der Waals surface area (Å²) < 4.78 is 18.4. The van der Waals surface area contributed by atoms with E-state index >= 15 is 0 Å². The predicted octanol–water partition coefficient (Wildman–Crippen LogP) is 1.33. The molecule has 7 heteroatoms. The third-order valence-electron chi connectivity index (χ3n) is 5.00. The van der Waals surface area contributed by atoms with E-state index in [0.717, 1.165) is 18.4 Å². The molecule has 3 rings (SSSR count). The standard InChI is InChI=1S/C19H26FN3O3/c1-14(15-4-6-16(20)7-5-15)21-18(24)13-22-8-10-23(11-9-22)19(25)17-3-2-12-26-17/h4-7,14,17H,2-3,8-13H2,1H3,(H,21,24)/t14-,17-/m1/s1. The fourth-order valence-electron chi connectivity index (χ4n) is 3.43. The van der Waals surface area contributed by atoms with Crippen molar-refractivity contribution >= 4 is 11.8 Å². The summed E-state index contributed by atoms with van der Waals surface area (Å²) in [6, 6.07) is 5.96. The Labute approximate surface area is 153 Å². The SMILES string of the molecule is C[C@@H](NC(=O)CN1CCN(C(=O)[C@H]2CCCO2)CC1)c1ccc(F)cc1. The van der Waals surface area contributed by atoms with E-state index in [4.69, 9.17) is 4.74 Å². The number of hydrogen-bond acceptors (Lipinski definition) is 4. The molecule has 2 amide bonds. The van der Waals surface area contributed by atoms with Crippen molar-refractivity contribution in [3.05, 3.63) is 35.6 Å². The summed E-state index contributed by atoms with van der Waals surface area (Å²) in [6.07, 6.45) is 1.48.